The first-order valence-corrected chi connectivity index (χ1v) is 11.6. The maximum atomic E-state index is 12.8. The van der Waals surface area contributed by atoms with Crippen LogP contribution in [0.5, 0.6) is 0 Å². The van der Waals surface area contributed by atoms with E-state index < -0.39 is 12.9 Å². The number of carbonyl (C=O) groups is 2. The van der Waals surface area contributed by atoms with Gasteiger partial charge in [-0.15, -0.1) is 10.2 Å². The number of nitrogens with zero attached hydrogens (tertiary/aromatic N) is 7. The van der Waals surface area contributed by atoms with Crippen molar-refractivity contribution < 1.29 is 13.7 Å². The van der Waals surface area contributed by atoms with Crippen LogP contribution < -0.4 is 20.9 Å². The van der Waals surface area contributed by atoms with Crippen LogP contribution in [0.15, 0.2) is 18.3 Å². The Hall–Kier alpha value is -4.09. The average molecular weight is 478 g/mol. The second-order valence-electron chi connectivity index (χ2n) is 9.16. The van der Waals surface area contributed by atoms with Crippen LogP contribution in [0, 0.1) is 5.92 Å². The maximum Gasteiger partial charge on any atom is 0.273 e. The quantitative estimate of drug-likeness (QED) is 0.488. The summed E-state index contributed by atoms with van der Waals surface area (Å²) in [5.41, 5.74) is 3.09. The van der Waals surface area contributed by atoms with Gasteiger partial charge in [0.1, 0.15) is 11.4 Å². The van der Waals surface area contributed by atoms with Crippen LogP contribution in [0.25, 0.3) is 11.3 Å². The fourth-order valence-electron chi connectivity index (χ4n) is 4.22. The van der Waals surface area contributed by atoms with Crippen molar-refractivity contribution in [2.45, 2.75) is 44.7 Å². The number of amides is 2. The molecule has 0 radical (unpaired) electrons. The van der Waals surface area contributed by atoms with Gasteiger partial charge in [0.15, 0.2) is 17.3 Å². The zero-order valence-corrected chi connectivity index (χ0v) is 19.2. The van der Waals surface area contributed by atoms with Crippen molar-refractivity contribution in [1.82, 2.24) is 35.5 Å². The van der Waals surface area contributed by atoms with Gasteiger partial charge in [0.25, 0.3) is 5.91 Å². The Balaban J connectivity index is 1.40. The lowest BCUT2D eigenvalue weighted by molar-refractivity contribution is -0.117. The summed E-state index contributed by atoms with van der Waals surface area (Å²) < 4.78 is 22.2. The minimum atomic E-state index is -2.72. The number of anilines is 4. The molecule has 0 unspecified atom stereocenters. The number of rotatable bonds is 6. The van der Waals surface area contributed by atoms with Gasteiger partial charge in [-0.25, -0.2) is 4.98 Å². The molecule has 3 aliphatic rings. The molecular formula is C23H26N10O2. The molecule has 2 aliphatic carbocycles. The Morgan fingerprint density at radius 1 is 1.17 bits per heavy atom. The lowest BCUT2D eigenvalue weighted by Crippen LogP contribution is -2.28. The molecule has 0 bridgehead atoms. The monoisotopic (exact) mass is 477 g/mol. The van der Waals surface area contributed by atoms with E-state index in [1.165, 1.54) is 6.07 Å². The molecule has 1 atom stereocenters. The molecular weight excluding hydrogens is 448 g/mol. The molecule has 180 valence electrons. The molecule has 0 aromatic carbocycles. The molecule has 3 N–H and O–H groups in total. The first-order valence-electron chi connectivity index (χ1n) is 13.1. The third-order valence-electron chi connectivity index (χ3n) is 6.61. The molecule has 6 rings (SSSR count). The van der Waals surface area contributed by atoms with E-state index in [-0.39, 0.29) is 35.1 Å². The van der Waals surface area contributed by atoms with Crippen molar-refractivity contribution >= 4 is 34.8 Å². The number of aromatic nitrogens is 6. The Labute approximate surface area is 205 Å². The van der Waals surface area contributed by atoms with Crippen molar-refractivity contribution in [3.63, 3.8) is 0 Å². The predicted octanol–water partition coefficient (Wildman–Crippen LogP) is 2.43. The molecule has 2 saturated carbocycles. The lowest BCUT2D eigenvalue weighted by atomic mass is 9.99. The summed E-state index contributed by atoms with van der Waals surface area (Å²) in [7, 11) is 1.92. The van der Waals surface area contributed by atoms with Gasteiger partial charge in [-0.3, -0.25) is 9.59 Å². The molecule has 2 amide bonds. The van der Waals surface area contributed by atoms with Crippen molar-refractivity contribution in [3.8, 4) is 11.3 Å². The summed E-state index contributed by atoms with van der Waals surface area (Å²) in [4.78, 5) is 33.4. The normalized spacial score (nSPS) is 20.1. The van der Waals surface area contributed by atoms with E-state index in [0.717, 1.165) is 48.3 Å². The molecule has 4 heterocycles. The fourth-order valence-corrected chi connectivity index (χ4v) is 4.22. The van der Waals surface area contributed by atoms with Crippen molar-refractivity contribution in [1.29, 1.82) is 0 Å². The Kier molecular flexibility index (Phi) is 4.17. The minimum Gasteiger partial charge on any atom is -0.363 e. The van der Waals surface area contributed by atoms with Gasteiger partial charge >= 0.3 is 0 Å². The van der Waals surface area contributed by atoms with E-state index in [9.17, 15) is 9.59 Å². The molecule has 3 aromatic rings. The van der Waals surface area contributed by atoms with Gasteiger partial charge in [0.2, 0.25) is 5.91 Å². The Bertz CT molecular complexity index is 1450. The molecule has 2 fully saturated rings. The van der Waals surface area contributed by atoms with Crippen LogP contribution in [-0.2, 0) is 4.79 Å². The standard InChI is InChI=1S/C23H26N10O2/c1-11-17-18(31-33(30-17)13-6-7-13)14-8-9-25-21(20(14)32(11)3)26-15-10-16(27-22(34)12-4-5-12)28-29-19(15)23(35)24-2/h8-13H,4-7H2,1-3H3,(H,24,35)(H2,25,26,27,28,34)/t11-/m1/s1/i2D3. The summed E-state index contributed by atoms with van der Waals surface area (Å²) in [6.45, 7) is -0.697. The Morgan fingerprint density at radius 2 is 2.00 bits per heavy atom. The van der Waals surface area contributed by atoms with Gasteiger partial charge in [-0.2, -0.15) is 15.0 Å². The van der Waals surface area contributed by atoms with Gasteiger partial charge < -0.3 is 20.9 Å². The lowest BCUT2D eigenvalue weighted by Gasteiger charge is -2.33. The first-order chi connectivity index (χ1) is 18.1. The highest BCUT2D eigenvalue weighted by Crippen LogP contribution is 2.47. The summed E-state index contributed by atoms with van der Waals surface area (Å²) >= 11 is 0. The number of nitrogens with one attached hydrogen (secondary N) is 3. The van der Waals surface area contributed by atoms with Crippen molar-refractivity contribution in [2.24, 2.45) is 5.92 Å². The van der Waals surface area contributed by atoms with Crippen LogP contribution in [-0.4, -0.2) is 56.0 Å². The third kappa shape index (κ3) is 3.74. The highest BCUT2D eigenvalue weighted by atomic mass is 16.2. The Morgan fingerprint density at radius 3 is 2.74 bits per heavy atom. The highest BCUT2D eigenvalue weighted by molar-refractivity contribution is 6.00. The molecule has 12 heteroatoms. The van der Waals surface area contributed by atoms with Crippen LogP contribution in [0.3, 0.4) is 0 Å². The number of pyridine rings is 1. The van der Waals surface area contributed by atoms with E-state index in [0.29, 0.717) is 11.9 Å². The summed E-state index contributed by atoms with van der Waals surface area (Å²) in [6, 6.07) is 3.54. The molecule has 0 spiro atoms. The summed E-state index contributed by atoms with van der Waals surface area (Å²) in [6.07, 6.45) is 5.35. The predicted molar refractivity (Wildman–Crippen MR) is 128 cm³/mol. The number of hydrogen-bond donors (Lipinski definition) is 3. The summed E-state index contributed by atoms with van der Waals surface area (Å²) in [5, 5.41) is 25.2. The molecule has 12 nitrogen and oxygen atoms in total. The maximum absolute atomic E-state index is 12.8. The number of carbonyl (C=O) groups excluding carboxylic acids is 2. The van der Waals surface area contributed by atoms with Gasteiger partial charge in [0, 0.05) is 41.9 Å². The minimum absolute atomic E-state index is 0.0667. The van der Waals surface area contributed by atoms with Crippen LogP contribution >= 0.6 is 0 Å². The molecule has 3 aromatic heterocycles. The smallest absolute Gasteiger partial charge is 0.273 e. The van der Waals surface area contributed by atoms with E-state index >= 15 is 0 Å². The third-order valence-corrected chi connectivity index (χ3v) is 6.61. The zero-order valence-electron chi connectivity index (χ0n) is 22.2. The highest BCUT2D eigenvalue weighted by Gasteiger charge is 2.36. The average Bonchev–Trinajstić information content (AvgIpc) is 3.79. The van der Waals surface area contributed by atoms with E-state index in [1.807, 2.05) is 30.3 Å². The van der Waals surface area contributed by atoms with Crippen LogP contribution in [0.2, 0.25) is 0 Å². The zero-order chi connectivity index (χ0) is 26.8. The fraction of sp³-hybridized carbons (Fsp3) is 0.435. The van der Waals surface area contributed by atoms with Gasteiger partial charge in [-0.05, 0) is 38.7 Å². The molecule has 0 saturated heterocycles. The van der Waals surface area contributed by atoms with Crippen LogP contribution in [0.1, 0.15) is 65.0 Å². The summed E-state index contributed by atoms with van der Waals surface area (Å²) in [5.74, 6) is -0.654. The topological polar surface area (TPSA) is 143 Å². The van der Waals surface area contributed by atoms with E-state index in [4.69, 9.17) is 14.3 Å². The van der Waals surface area contributed by atoms with E-state index in [2.05, 4.69) is 25.8 Å². The van der Waals surface area contributed by atoms with Crippen molar-refractivity contribution in [2.75, 3.05) is 29.6 Å². The first kappa shape index (κ1) is 18.3. The number of fused-ring (bicyclic) bond motifs is 3. The van der Waals surface area contributed by atoms with Gasteiger partial charge in [-0.1, -0.05) is 0 Å². The van der Waals surface area contributed by atoms with Crippen LogP contribution in [0.4, 0.5) is 23.0 Å². The second-order valence-corrected chi connectivity index (χ2v) is 9.16. The molecule has 1 aliphatic heterocycles. The second kappa shape index (κ2) is 8.00. The van der Waals surface area contributed by atoms with Gasteiger partial charge in [0.05, 0.1) is 23.5 Å². The van der Waals surface area contributed by atoms with Crippen molar-refractivity contribution in [3.05, 3.63) is 29.7 Å². The van der Waals surface area contributed by atoms with E-state index in [1.54, 1.807) is 11.0 Å². The largest absolute Gasteiger partial charge is 0.363 e. The SMILES string of the molecule is [2H]C([2H])([2H])NC(=O)c1nnc(NC(=O)C2CC2)cc1Nc1nccc2c1N(C)[C@H](C)c1nn(C3CC3)nc1-2. The molecule has 35 heavy (non-hydrogen) atoms. The number of hydrogen-bond acceptors (Lipinski definition) is 9.